The van der Waals surface area contributed by atoms with E-state index in [2.05, 4.69) is 9.47 Å². The van der Waals surface area contributed by atoms with E-state index in [4.69, 9.17) is 4.98 Å². The molecule has 0 unspecified atom stereocenters. The number of hydrogen-bond donors (Lipinski definition) is 1. The van der Waals surface area contributed by atoms with Gasteiger partial charge in [0.25, 0.3) is 0 Å². The molecule has 0 saturated carbocycles. The molecule has 0 radical (unpaired) electrons. The molecule has 5 heteroatoms. The Balaban J connectivity index is 1.78. The number of rotatable bonds is 3. The van der Waals surface area contributed by atoms with Gasteiger partial charge in [0.15, 0.2) is 0 Å². The van der Waals surface area contributed by atoms with Crippen LogP contribution in [0.1, 0.15) is 18.4 Å². The van der Waals surface area contributed by atoms with E-state index in [-0.39, 0.29) is 11.9 Å². The number of para-hydroxylation sites is 2. The topological polar surface area (TPSA) is 41.3 Å². The minimum Gasteiger partial charge on any atom is -0.391 e. The van der Waals surface area contributed by atoms with Crippen LogP contribution in [0.4, 0.5) is 10.3 Å². The molecule has 3 aromatic rings. The third-order valence-corrected chi connectivity index (χ3v) is 4.54. The Bertz CT molecular complexity index is 861. The smallest absolute Gasteiger partial charge is 0.206 e. The summed E-state index contributed by atoms with van der Waals surface area (Å²) in [7, 11) is 0. The first-order valence-corrected chi connectivity index (χ1v) is 8.33. The molecule has 1 N–H and O–H groups in total. The second-order valence-electron chi connectivity index (χ2n) is 6.36. The lowest BCUT2D eigenvalue weighted by molar-refractivity contribution is 0.153. The average molecular weight is 325 g/mol. The minimum absolute atomic E-state index is 0.230. The molecule has 0 amide bonds. The maximum atomic E-state index is 13.5. The standard InChI is InChI=1S/C19H20FN3O/c20-15-6-3-5-14(11-15)12-23-18-9-2-1-8-17(18)21-19(23)22-10-4-7-16(24)13-22/h1-3,5-6,8-9,11,16,24H,4,7,10,12-13H2/t16-/m0/s1. The summed E-state index contributed by atoms with van der Waals surface area (Å²) in [5.41, 5.74) is 2.85. The van der Waals surface area contributed by atoms with Crippen molar-refractivity contribution in [3.63, 3.8) is 0 Å². The van der Waals surface area contributed by atoms with Gasteiger partial charge in [-0.25, -0.2) is 9.37 Å². The number of aliphatic hydroxyl groups is 1. The Morgan fingerprint density at radius 2 is 2.04 bits per heavy atom. The molecule has 2 heterocycles. The number of anilines is 1. The van der Waals surface area contributed by atoms with Crippen molar-refractivity contribution in [3.05, 3.63) is 59.9 Å². The Morgan fingerprint density at radius 1 is 1.17 bits per heavy atom. The van der Waals surface area contributed by atoms with Crippen LogP contribution in [0.3, 0.4) is 0 Å². The number of hydrogen-bond acceptors (Lipinski definition) is 3. The number of aromatic nitrogens is 2. The molecule has 1 aromatic heterocycles. The first-order chi connectivity index (χ1) is 11.7. The van der Waals surface area contributed by atoms with Gasteiger partial charge in [-0.3, -0.25) is 0 Å². The summed E-state index contributed by atoms with van der Waals surface area (Å²) in [6.07, 6.45) is 1.46. The second-order valence-corrected chi connectivity index (χ2v) is 6.36. The van der Waals surface area contributed by atoms with E-state index in [1.54, 1.807) is 12.1 Å². The van der Waals surface area contributed by atoms with Gasteiger partial charge in [-0.15, -0.1) is 0 Å². The lowest BCUT2D eigenvalue weighted by Gasteiger charge is -2.31. The van der Waals surface area contributed by atoms with Gasteiger partial charge in [0.05, 0.1) is 23.7 Å². The molecule has 1 aliphatic heterocycles. The van der Waals surface area contributed by atoms with Gasteiger partial charge in [0, 0.05) is 13.1 Å². The number of halogens is 1. The molecule has 2 aromatic carbocycles. The number of benzene rings is 2. The van der Waals surface area contributed by atoms with E-state index in [1.807, 2.05) is 30.3 Å². The minimum atomic E-state index is -0.318. The van der Waals surface area contributed by atoms with Crippen LogP contribution in [0.15, 0.2) is 48.5 Å². The van der Waals surface area contributed by atoms with E-state index < -0.39 is 0 Å². The lowest BCUT2D eigenvalue weighted by atomic mass is 10.1. The fourth-order valence-electron chi connectivity index (χ4n) is 3.41. The van der Waals surface area contributed by atoms with Crippen LogP contribution >= 0.6 is 0 Å². The van der Waals surface area contributed by atoms with Gasteiger partial charge in [-0.1, -0.05) is 24.3 Å². The van der Waals surface area contributed by atoms with Gasteiger partial charge in [0.2, 0.25) is 5.95 Å². The predicted octanol–water partition coefficient (Wildman–Crippen LogP) is 3.18. The zero-order valence-corrected chi connectivity index (χ0v) is 13.4. The summed E-state index contributed by atoms with van der Waals surface area (Å²) in [6.45, 7) is 2.02. The number of aliphatic hydroxyl groups excluding tert-OH is 1. The highest BCUT2D eigenvalue weighted by atomic mass is 19.1. The number of fused-ring (bicyclic) bond motifs is 1. The van der Waals surface area contributed by atoms with E-state index in [0.29, 0.717) is 13.1 Å². The number of nitrogens with zero attached hydrogens (tertiary/aromatic N) is 3. The Labute approximate surface area is 140 Å². The first kappa shape index (κ1) is 15.1. The third kappa shape index (κ3) is 2.87. The van der Waals surface area contributed by atoms with Crippen molar-refractivity contribution in [3.8, 4) is 0 Å². The van der Waals surface area contributed by atoms with Gasteiger partial charge in [-0.2, -0.15) is 0 Å². The highest BCUT2D eigenvalue weighted by Crippen LogP contribution is 2.26. The van der Waals surface area contributed by atoms with Crippen LogP contribution in [0.25, 0.3) is 11.0 Å². The van der Waals surface area contributed by atoms with Crippen molar-refractivity contribution in [1.82, 2.24) is 9.55 Å². The van der Waals surface area contributed by atoms with Crippen LogP contribution in [0.5, 0.6) is 0 Å². The number of imidazole rings is 1. The molecule has 0 aliphatic carbocycles. The van der Waals surface area contributed by atoms with E-state index >= 15 is 0 Å². The van der Waals surface area contributed by atoms with Crippen molar-refractivity contribution in [1.29, 1.82) is 0 Å². The van der Waals surface area contributed by atoms with Crippen molar-refractivity contribution >= 4 is 17.0 Å². The normalized spacial score (nSPS) is 18.2. The van der Waals surface area contributed by atoms with Crippen LogP contribution in [-0.2, 0) is 6.54 Å². The fraction of sp³-hybridized carbons (Fsp3) is 0.316. The maximum Gasteiger partial charge on any atom is 0.206 e. The molecular weight excluding hydrogens is 305 g/mol. The SMILES string of the molecule is O[C@H]1CCCN(c2nc3ccccc3n2Cc2cccc(F)c2)C1. The molecule has 1 saturated heterocycles. The average Bonchev–Trinajstić information content (AvgIpc) is 2.94. The summed E-state index contributed by atoms with van der Waals surface area (Å²) in [4.78, 5) is 6.91. The Kier molecular flexibility index (Phi) is 3.94. The van der Waals surface area contributed by atoms with Crippen molar-refractivity contribution < 1.29 is 9.50 Å². The zero-order valence-electron chi connectivity index (χ0n) is 13.4. The highest BCUT2D eigenvalue weighted by Gasteiger charge is 2.23. The second kappa shape index (κ2) is 6.24. The van der Waals surface area contributed by atoms with E-state index in [0.717, 1.165) is 41.9 Å². The van der Waals surface area contributed by atoms with Gasteiger partial charge < -0.3 is 14.6 Å². The largest absolute Gasteiger partial charge is 0.391 e. The predicted molar refractivity (Wildman–Crippen MR) is 92.7 cm³/mol. The van der Waals surface area contributed by atoms with Gasteiger partial charge >= 0.3 is 0 Å². The molecule has 0 spiro atoms. The molecule has 1 aliphatic rings. The third-order valence-electron chi connectivity index (χ3n) is 4.54. The quantitative estimate of drug-likeness (QED) is 0.804. The molecule has 124 valence electrons. The van der Waals surface area contributed by atoms with E-state index in [1.165, 1.54) is 6.07 Å². The molecule has 1 atom stereocenters. The van der Waals surface area contributed by atoms with Crippen LogP contribution in [0.2, 0.25) is 0 Å². The van der Waals surface area contributed by atoms with Crippen molar-refractivity contribution in [2.24, 2.45) is 0 Å². The zero-order chi connectivity index (χ0) is 16.5. The summed E-state index contributed by atoms with van der Waals surface area (Å²) >= 11 is 0. The summed E-state index contributed by atoms with van der Waals surface area (Å²) < 4.78 is 15.7. The molecule has 24 heavy (non-hydrogen) atoms. The van der Waals surface area contributed by atoms with Crippen molar-refractivity contribution in [2.45, 2.75) is 25.5 Å². The summed E-state index contributed by atoms with van der Waals surface area (Å²) in [5.74, 6) is 0.617. The van der Waals surface area contributed by atoms with E-state index in [9.17, 15) is 9.50 Å². The highest BCUT2D eigenvalue weighted by molar-refractivity contribution is 5.79. The van der Waals surface area contributed by atoms with Gasteiger partial charge in [0.1, 0.15) is 5.82 Å². The van der Waals surface area contributed by atoms with Crippen LogP contribution in [-0.4, -0.2) is 33.9 Å². The number of β-amino-alcohol motifs (C(OH)–C–C–N with tert-alkyl or cyclic N) is 1. The lowest BCUT2D eigenvalue weighted by Crippen LogP contribution is -2.39. The molecule has 4 nitrogen and oxygen atoms in total. The summed E-state index contributed by atoms with van der Waals surface area (Å²) in [6, 6.07) is 14.6. The summed E-state index contributed by atoms with van der Waals surface area (Å²) in [5, 5.41) is 10.0. The fourth-order valence-corrected chi connectivity index (χ4v) is 3.41. The van der Waals surface area contributed by atoms with Gasteiger partial charge in [-0.05, 0) is 42.7 Å². The molecular formula is C19H20FN3O. The molecule has 0 bridgehead atoms. The van der Waals surface area contributed by atoms with Crippen LogP contribution < -0.4 is 4.90 Å². The molecule has 1 fully saturated rings. The maximum absolute atomic E-state index is 13.5. The van der Waals surface area contributed by atoms with Crippen LogP contribution in [0, 0.1) is 5.82 Å². The van der Waals surface area contributed by atoms with Crippen molar-refractivity contribution in [2.75, 3.05) is 18.0 Å². The Morgan fingerprint density at radius 3 is 2.88 bits per heavy atom. The first-order valence-electron chi connectivity index (χ1n) is 8.33. The molecule has 4 rings (SSSR count). The monoisotopic (exact) mass is 325 g/mol. The number of piperidine rings is 1. The Hall–Kier alpha value is -2.40.